The van der Waals surface area contributed by atoms with Crippen molar-refractivity contribution < 1.29 is 25.2 Å². The van der Waals surface area contributed by atoms with Crippen LogP contribution in [0.15, 0.2) is 24.3 Å². The fourth-order valence-electron chi connectivity index (χ4n) is 8.75. The Morgan fingerprint density at radius 1 is 0.387 bits per heavy atom. The molecule has 6 nitrogen and oxygen atoms in total. The van der Waals surface area contributed by atoms with Gasteiger partial charge >= 0.3 is 0 Å². The first kappa shape index (κ1) is 60.8. The molecule has 0 saturated carbocycles. The van der Waals surface area contributed by atoms with Gasteiger partial charge in [-0.25, -0.2) is 0 Å². The monoisotopic (exact) mass is 876 g/mol. The Morgan fingerprint density at radius 2 is 0.661 bits per heavy atom. The Bertz CT molecular complexity index is 939. The Kier molecular flexibility index (Phi) is 49.8. The van der Waals surface area contributed by atoms with Crippen molar-refractivity contribution in [2.75, 3.05) is 6.61 Å². The van der Waals surface area contributed by atoms with Gasteiger partial charge in [-0.15, -0.1) is 0 Å². The maximum absolute atomic E-state index is 12.6. The molecular weight excluding hydrogens is 767 g/mol. The molecule has 0 spiro atoms. The van der Waals surface area contributed by atoms with Crippen LogP contribution in [0, 0.1) is 0 Å². The SMILES string of the molecule is CCCCCCCCCCCCCC/C=C\CCCCCCCCCCCCCCCC(O)C(=O)NC(CO)C(O)C(O)CCC/C=C/CCCCCCCCCCCCCC. The molecular formula is C56H109NO5. The van der Waals surface area contributed by atoms with Crippen LogP contribution in [0.5, 0.6) is 0 Å². The van der Waals surface area contributed by atoms with Crippen LogP contribution in [-0.4, -0.2) is 57.3 Å². The van der Waals surface area contributed by atoms with E-state index in [2.05, 4.69) is 43.5 Å². The van der Waals surface area contributed by atoms with Gasteiger partial charge in [0.1, 0.15) is 12.2 Å². The molecule has 4 atom stereocenters. The summed E-state index contributed by atoms with van der Waals surface area (Å²) in [5.41, 5.74) is 0. The first-order valence-corrected chi connectivity index (χ1v) is 27.7. The van der Waals surface area contributed by atoms with E-state index in [9.17, 15) is 25.2 Å². The number of hydrogen-bond acceptors (Lipinski definition) is 5. The first-order valence-electron chi connectivity index (χ1n) is 27.7. The number of hydrogen-bond donors (Lipinski definition) is 5. The lowest BCUT2D eigenvalue weighted by atomic mass is 10.00. The highest BCUT2D eigenvalue weighted by atomic mass is 16.3. The van der Waals surface area contributed by atoms with Gasteiger partial charge in [-0.1, -0.05) is 256 Å². The molecule has 0 rings (SSSR count). The molecule has 0 aliphatic carbocycles. The third-order valence-electron chi connectivity index (χ3n) is 13.1. The molecule has 4 unspecified atom stereocenters. The van der Waals surface area contributed by atoms with Gasteiger partial charge in [-0.05, 0) is 64.2 Å². The smallest absolute Gasteiger partial charge is 0.249 e. The van der Waals surface area contributed by atoms with Gasteiger partial charge in [0.15, 0.2) is 0 Å². The summed E-state index contributed by atoms with van der Waals surface area (Å²) in [5, 5.41) is 43.9. The predicted octanol–water partition coefficient (Wildman–Crippen LogP) is 15.9. The number of aliphatic hydroxyl groups is 4. The van der Waals surface area contributed by atoms with Crippen molar-refractivity contribution >= 4 is 5.91 Å². The second-order valence-corrected chi connectivity index (χ2v) is 19.3. The lowest BCUT2D eigenvalue weighted by molar-refractivity contribution is -0.132. The van der Waals surface area contributed by atoms with Gasteiger partial charge in [0, 0.05) is 0 Å². The maximum atomic E-state index is 12.6. The van der Waals surface area contributed by atoms with E-state index in [-0.39, 0.29) is 0 Å². The molecule has 0 saturated heterocycles. The second-order valence-electron chi connectivity index (χ2n) is 19.3. The largest absolute Gasteiger partial charge is 0.394 e. The Hall–Kier alpha value is -1.21. The number of nitrogens with one attached hydrogen (secondary N) is 1. The van der Waals surface area contributed by atoms with Gasteiger partial charge in [0.25, 0.3) is 0 Å². The zero-order chi connectivity index (χ0) is 45.2. The molecule has 0 heterocycles. The molecule has 0 fully saturated rings. The highest BCUT2D eigenvalue weighted by Crippen LogP contribution is 2.17. The van der Waals surface area contributed by atoms with Gasteiger partial charge < -0.3 is 25.7 Å². The van der Waals surface area contributed by atoms with Gasteiger partial charge in [0.2, 0.25) is 5.91 Å². The molecule has 0 aromatic rings. The maximum Gasteiger partial charge on any atom is 0.249 e. The van der Waals surface area contributed by atoms with E-state index < -0.39 is 36.9 Å². The lowest BCUT2D eigenvalue weighted by Crippen LogP contribution is -2.53. The van der Waals surface area contributed by atoms with Crippen LogP contribution in [0.25, 0.3) is 0 Å². The molecule has 5 N–H and O–H groups in total. The molecule has 1 amide bonds. The third kappa shape index (κ3) is 44.0. The number of aliphatic hydroxyl groups excluding tert-OH is 4. The molecule has 0 aliphatic heterocycles. The van der Waals surface area contributed by atoms with Crippen molar-refractivity contribution in [1.82, 2.24) is 5.32 Å². The van der Waals surface area contributed by atoms with Gasteiger partial charge in [-0.3, -0.25) is 4.79 Å². The number of amides is 1. The standard InChI is InChI=1S/C56H109NO5/c1-3-5-7-9-11-13-15-17-19-21-22-23-24-25-26-27-28-29-30-31-32-34-36-38-40-42-44-46-48-50-54(60)56(62)57-52(51-58)55(61)53(59)49-47-45-43-41-39-37-35-33-20-18-16-14-12-10-8-6-4-2/h25-26,41,43,52-55,58-61H,3-24,27-40,42,44-51H2,1-2H3,(H,57,62)/b26-25-,43-41+. The molecule has 6 heteroatoms. The fraction of sp³-hybridized carbons (Fsp3) is 0.911. The molecule has 0 aliphatic rings. The van der Waals surface area contributed by atoms with Crippen LogP contribution in [0.1, 0.15) is 296 Å². The van der Waals surface area contributed by atoms with E-state index in [1.807, 2.05) is 0 Å². The van der Waals surface area contributed by atoms with Gasteiger partial charge in [-0.2, -0.15) is 0 Å². The average molecular weight is 876 g/mol. The van der Waals surface area contributed by atoms with E-state index in [1.54, 1.807) is 0 Å². The summed E-state index contributed by atoms with van der Waals surface area (Å²) in [5.74, 6) is -0.590. The Morgan fingerprint density at radius 3 is 0.968 bits per heavy atom. The van der Waals surface area contributed by atoms with Crippen molar-refractivity contribution in [2.24, 2.45) is 0 Å². The third-order valence-corrected chi connectivity index (χ3v) is 13.1. The van der Waals surface area contributed by atoms with Crippen LogP contribution < -0.4 is 5.32 Å². The summed E-state index contributed by atoms with van der Waals surface area (Å²) in [4.78, 5) is 12.6. The van der Waals surface area contributed by atoms with E-state index in [0.29, 0.717) is 12.8 Å². The minimum atomic E-state index is -1.28. The summed E-state index contributed by atoms with van der Waals surface area (Å²) in [7, 11) is 0. The second kappa shape index (κ2) is 50.8. The Labute approximate surface area is 386 Å². The minimum absolute atomic E-state index is 0.365. The summed E-state index contributed by atoms with van der Waals surface area (Å²) in [6.07, 6.45) is 61.1. The van der Waals surface area contributed by atoms with Crippen LogP contribution >= 0.6 is 0 Å². The molecule has 62 heavy (non-hydrogen) atoms. The van der Waals surface area contributed by atoms with Crippen molar-refractivity contribution in [3.8, 4) is 0 Å². The summed E-state index contributed by atoms with van der Waals surface area (Å²) in [6, 6.07) is -1.00. The fourth-order valence-corrected chi connectivity index (χ4v) is 8.75. The molecule has 0 bridgehead atoms. The van der Waals surface area contributed by atoms with Crippen molar-refractivity contribution in [3.63, 3.8) is 0 Å². The number of carbonyl (C=O) groups is 1. The normalized spacial score (nSPS) is 14.0. The van der Waals surface area contributed by atoms with E-state index in [4.69, 9.17) is 0 Å². The molecule has 0 radical (unpaired) electrons. The van der Waals surface area contributed by atoms with E-state index in [1.165, 1.54) is 231 Å². The lowest BCUT2D eigenvalue weighted by Gasteiger charge is -2.27. The topological polar surface area (TPSA) is 110 Å². The number of carbonyl (C=O) groups excluding carboxylic acids is 1. The Balaban J connectivity index is 3.62. The van der Waals surface area contributed by atoms with Crippen LogP contribution in [-0.2, 0) is 4.79 Å². The number of allylic oxidation sites excluding steroid dienone is 4. The number of rotatable bonds is 51. The zero-order valence-corrected chi connectivity index (χ0v) is 41.6. The van der Waals surface area contributed by atoms with Crippen molar-refractivity contribution in [2.45, 2.75) is 321 Å². The zero-order valence-electron chi connectivity index (χ0n) is 41.6. The van der Waals surface area contributed by atoms with Crippen LogP contribution in [0.2, 0.25) is 0 Å². The highest BCUT2D eigenvalue weighted by molar-refractivity contribution is 5.80. The summed E-state index contributed by atoms with van der Waals surface area (Å²) >= 11 is 0. The minimum Gasteiger partial charge on any atom is -0.394 e. The summed E-state index contributed by atoms with van der Waals surface area (Å²) < 4.78 is 0. The predicted molar refractivity (Wildman–Crippen MR) is 270 cm³/mol. The van der Waals surface area contributed by atoms with Crippen molar-refractivity contribution in [3.05, 3.63) is 24.3 Å². The van der Waals surface area contributed by atoms with Crippen LogP contribution in [0.3, 0.4) is 0 Å². The van der Waals surface area contributed by atoms with Crippen LogP contribution in [0.4, 0.5) is 0 Å². The van der Waals surface area contributed by atoms with Gasteiger partial charge in [0.05, 0.1) is 18.8 Å². The van der Waals surface area contributed by atoms with E-state index >= 15 is 0 Å². The molecule has 0 aromatic carbocycles. The highest BCUT2D eigenvalue weighted by Gasteiger charge is 2.28. The first-order chi connectivity index (χ1) is 30.5. The van der Waals surface area contributed by atoms with Crippen molar-refractivity contribution in [1.29, 1.82) is 0 Å². The average Bonchev–Trinajstić information content (AvgIpc) is 3.28. The molecule has 0 aromatic heterocycles. The quantitative estimate of drug-likeness (QED) is 0.0309. The molecule has 368 valence electrons. The summed E-state index contributed by atoms with van der Waals surface area (Å²) in [6.45, 7) is 4.07. The van der Waals surface area contributed by atoms with E-state index in [0.717, 1.165) is 38.5 Å². The number of unbranched alkanes of at least 4 members (excludes halogenated alkanes) is 38.